The summed E-state index contributed by atoms with van der Waals surface area (Å²) in [5.74, 6) is 0.523. The van der Waals surface area contributed by atoms with Crippen LogP contribution in [0.15, 0.2) is 29.1 Å². The van der Waals surface area contributed by atoms with Gasteiger partial charge in [-0.1, -0.05) is 12.1 Å². The number of carbonyl (C=O) groups excluding carboxylic acids is 1. The van der Waals surface area contributed by atoms with Crippen LogP contribution in [0.4, 0.5) is 4.79 Å². The average molecular weight is 282 g/mol. The van der Waals surface area contributed by atoms with Crippen molar-refractivity contribution in [2.45, 2.75) is 12.4 Å². The van der Waals surface area contributed by atoms with Gasteiger partial charge in [0.05, 0.1) is 23.3 Å². The van der Waals surface area contributed by atoms with Crippen molar-refractivity contribution in [3.63, 3.8) is 0 Å². The van der Waals surface area contributed by atoms with Crippen LogP contribution in [0.1, 0.15) is 5.82 Å². The van der Waals surface area contributed by atoms with Crippen molar-refractivity contribution in [1.29, 1.82) is 0 Å². The maximum atomic E-state index is 12.3. The molecule has 0 fully saturated rings. The van der Waals surface area contributed by atoms with Crippen LogP contribution in [0.25, 0.3) is 10.9 Å². The third-order valence-electron chi connectivity index (χ3n) is 2.62. The second kappa shape index (κ2) is 5.71. The van der Waals surface area contributed by atoms with E-state index in [-0.39, 0.29) is 24.6 Å². The Morgan fingerprint density at radius 2 is 2.16 bits per heavy atom. The Labute approximate surface area is 113 Å². The molecular formula is C12H12ClN3O3. The Morgan fingerprint density at radius 3 is 2.84 bits per heavy atom. The number of carbonyl (C=O) groups is 1. The maximum absolute atomic E-state index is 12.3. The molecule has 0 aliphatic carbocycles. The molecule has 0 aliphatic heterocycles. The second-order valence-corrected chi connectivity index (χ2v) is 4.07. The predicted molar refractivity (Wildman–Crippen MR) is 71.1 cm³/mol. The lowest BCUT2D eigenvalue weighted by Crippen LogP contribution is -2.28. The van der Waals surface area contributed by atoms with Gasteiger partial charge in [-0.3, -0.25) is 9.36 Å². The highest BCUT2D eigenvalue weighted by molar-refractivity contribution is 6.16. The quantitative estimate of drug-likeness (QED) is 0.854. The molecule has 100 valence electrons. The molecule has 6 nitrogen and oxygen atoms in total. The van der Waals surface area contributed by atoms with E-state index in [1.54, 1.807) is 24.3 Å². The highest BCUT2D eigenvalue weighted by Gasteiger charge is 2.10. The number of amides is 1. The van der Waals surface area contributed by atoms with Gasteiger partial charge < -0.3 is 10.5 Å². The van der Waals surface area contributed by atoms with E-state index in [2.05, 4.69) is 9.72 Å². The number of para-hydroxylation sites is 1. The number of hydrogen-bond donors (Lipinski definition) is 1. The standard InChI is InChI=1S/C12H12ClN3O3/c13-7-10-15-9-4-2-1-3-8(9)11(17)16(10)5-6-19-12(14)18/h1-4H,5-7H2,(H2,14,18). The number of ether oxygens (including phenoxy) is 1. The zero-order chi connectivity index (χ0) is 13.8. The number of aromatic nitrogens is 2. The number of rotatable bonds is 4. The molecule has 2 N–H and O–H groups in total. The van der Waals surface area contributed by atoms with Gasteiger partial charge >= 0.3 is 6.09 Å². The summed E-state index contributed by atoms with van der Waals surface area (Å²) in [6, 6.07) is 6.99. The van der Waals surface area contributed by atoms with Crippen molar-refractivity contribution >= 4 is 28.6 Å². The molecule has 2 rings (SSSR count). The van der Waals surface area contributed by atoms with E-state index in [1.165, 1.54) is 4.57 Å². The molecule has 0 radical (unpaired) electrons. The Bertz CT molecular complexity index is 669. The van der Waals surface area contributed by atoms with Gasteiger partial charge in [-0.2, -0.15) is 0 Å². The van der Waals surface area contributed by atoms with Crippen LogP contribution in [-0.4, -0.2) is 22.3 Å². The number of hydrogen-bond acceptors (Lipinski definition) is 4. The molecule has 2 aromatic rings. The molecule has 1 aromatic heterocycles. The van der Waals surface area contributed by atoms with Gasteiger partial charge in [-0.25, -0.2) is 9.78 Å². The SMILES string of the molecule is NC(=O)OCCn1c(CCl)nc2ccccc2c1=O. The summed E-state index contributed by atoms with van der Waals surface area (Å²) in [5.41, 5.74) is 5.24. The number of halogens is 1. The van der Waals surface area contributed by atoms with Gasteiger partial charge in [0.25, 0.3) is 5.56 Å². The van der Waals surface area contributed by atoms with Gasteiger partial charge in [-0.15, -0.1) is 11.6 Å². The zero-order valence-corrected chi connectivity index (χ0v) is 10.8. The minimum absolute atomic E-state index is 0.000844. The summed E-state index contributed by atoms with van der Waals surface area (Å²) in [5, 5.41) is 0.496. The van der Waals surface area contributed by atoms with Crippen molar-refractivity contribution in [2.24, 2.45) is 5.73 Å². The normalized spacial score (nSPS) is 10.6. The molecule has 1 amide bonds. The van der Waals surface area contributed by atoms with Crippen LogP contribution in [0, 0.1) is 0 Å². The number of benzene rings is 1. The van der Waals surface area contributed by atoms with E-state index < -0.39 is 6.09 Å². The lowest BCUT2D eigenvalue weighted by molar-refractivity contribution is 0.151. The van der Waals surface area contributed by atoms with Crippen LogP contribution in [0.2, 0.25) is 0 Å². The maximum Gasteiger partial charge on any atom is 0.404 e. The largest absolute Gasteiger partial charge is 0.448 e. The van der Waals surface area contributed by atoms with E-state index in [4.69, 9.17) is 17.3 Å². The summed E-state index contributed by atoms with van der Waals surface area (Å²) in [7, 11) is 0. The molecule has 0 aliphatic rings. The Morgan fingerprint density at radius 1 is 1.42 bits per heavy atom. The van der Waals surface area contributed by atoms with Crippen molar-refractivity contribution < 1.29 is 9.53 Å². The summed E-state index contributed by atoms with van der Waals surface area (Å²) >= 11 is 5.79. The van der Waals surface area contributed by atoms with Crippen LogP contribution in [0.5, 0.6) is 0 Å². The van der Waals surface area contributed by atoms with Crippen molar-refractivity contribution in [1.82, 2.24) is 9.55 Å². The Hall–Kier alpha value is -2.08. The Kier molecular flexibility index (Phi) is 4.01. The van der Waals surface area contributed by atoms with Gasteiger partial charge in [-0.05, 0) is 12.1 Å². The smallest absolute Gasteiger partial charge is 0.404 e. The molecular weight excluding hydrogens is 270 g/mol. The molecule has 19 heavy (non-hydrogen) atoms. The van der Waals surface area contributed by atoms with Crippen molar-refractivity contribution in [3.8, 4) is 0 Å². The summed E-state index contributed by atoms with van der Waals surface area (Å²) in [6.07, 6.45) is -0.880. The monoisotopic (exact) mass is 281 g/mol. The first-order chi connectivity index (χ1) is 9.13. The predicted octanol–water partition coefficient (Wildman–Crippen LogP) is 1.23. The first-order valence-electron chi connectivity index (χ1n) is 5.60. The minimum atomic E-state index is -0.880. The van der Waals surface area contributed by atoms with Crippen LogP contribution in [-0.2, 0) is 17.2 Å². The highest BCUT2D eigenvalue weighted by atomic mass is 35.5. The van der Waals surface area contributed by atoms with E-state index in [0.717, 1.165) is 0 Å². The topological polar surface area (TPSA) is 87.2 Å². The number of fused-ring (bicyclic) bond motifs is 1. The fraction of sp³-hybridized carbons (Fsp3) is 0.250. The van der Waals surface area contributed by atoms with Crippen LogP contribution >= 0.6 is 11.6 Å². The van der Waals surface area contributed by atoms with Crippen molar-refractivity contribution in [2.75, 3.05) is 6.61 Å². The van der Waals surface area contributed by atoms with Crippen molar-refractivity contribution in [3.05, 3.63) is 40.4 Å². The number of nitrogens with zero attached hydrogens (tertiary/aromatic N) is 2. The number of alkyl halides is 1. The van der Waals surface area contributed by atoms with Gasteiger partial charge in [0.15, 0.2) is 0 Å². The molecule has 7 heteroatoms. The number of nitrogens with two attached hydrogens (primary N) is 1. The third-order valence-corrected chi connectivity index (χ3v) is 2.86. The van der Waals surface area contributed by atoms with Crippen LogP contribution < -0.4 is 11.3 Å². The molecule has 0 saturated carbocycles. The van der Waals surface area contributed by atoms with Gasteiger partial charge in [0.2, 0.25) is 0 Å². The molecule has 0 bridgehead atoms. The second-order valence-electron chi connectivity index (χ2n) is 3.80. The first-order valence-corrected chi connectivity index (χ1v) is 6.13. The lowest BCUT2D eigenvalue weighted by Gasteiger charge is -2.11. The molecule has 1 heterocycles. The fourth-order valence-electron chi connectivity index (χ4n) is 1.78. The minimum Gasteiger partial charge on any atom is -0.448 e. The van der Waals surface area contributed by atoms with Gasteiger partial charge in [0, 0.05) is 0 Å². The number of primary amides is 1. The molecule has 0 unspecified atom stereocenters. The lowest BCUT2D eigenvalue weighted by atomic mass is 10.2. The molecule has 1 aromatic carbocycles. The first kappa shape index (κ1) is 13.4. The van der Waals surface area contributed by atoms with Crippen LogP contribution in [0.3, 0.4) is 0 Å². The Balaban J connectivity index is 2.43. The van der Waals surface area contributed by atoms with E-state index in [1.807, 2.05) is 0 Å². The van der Waals surface area contributed by atoms with E-state index in [0.29, 0.717) is 16.7 Å². The summed E-state index contributed by atoms with van der Waals surface area (Å²) in [6.45, 7) is 0.167. The summed E-state index contributed by atoms with van der Waals surface area (Å²) in [4.78, 5) is 27.1. The molecule has 0 spiro atoms. The highest BCUT2D eigenvalue weighted by Crippen LogP contribution is 2.09. The van der Waals surface area contributed by atoms with E-state index in [9.17, 15) is 9.59 Å². The van der Waals surface area contributed by atoms with Gasteiger partial charge in [0.1, 0.15) is 12.4 Å². The average Bonchev–Trinajstić information content (AvgIpc) is 2.40. The summed E-state index contributed by atoms with van der Waals surface area (Å²) < 4.78 is 6.01. The third kappa shape index (κ3) is 2.85. The zero-order valence-electron chi connectivity index (χ0n) is 10.0. The molecule has 0 saturated heterocycles. The molecule has 0 atom stereocenters. The van der Waals surface area contributed by atoms with E-state index >= 15 is 0 Å². The fourth-order valence-corrected chi connectivity index (χ4v) is 1.99.